The molecule has 4 amide bonds. The summed E-state index contributed by atoms with van der Waals surface area (Å²) in [5.74, 6) is -1.71. The molecule has 1 saturated heterocycles. The maximum Gasteiger partial charge on any atom is 0.243 e. The number of aromatic amines is 1. The Morgan fingerprint density at radius 3 is 2.65 bits per heavy atom. The second-order valence-electron chi connectivity index (χ2n) is 9.23. The van der Waals surface area contributed by atoms with Gasteiger partial charge in [0.05, 0.1) is 12.6 Å². The highest BCUT2D eigenvalue weighted by atomic mass is 16.2. The molecule has 10 nitrogen and oxygen atoms in total. The Hall–Kier alpha value is -3.40. The van der Waals surface area contributed by atoms with Crippen molar-refractivity contribution < 1.29 is 19.2 Å². The molecule has 3 atom stereocenters. The fraction of sp³-hybridized carbons (Fsp3) is 0.500. The van der Waals surface area contributed by atoms with Crippen LogP contribution in [-0.2, 0) is 25.6 Å². The van der Waals surface area contributed by atoms with Gasteiger partial charge in [0, 0.05) is 23.6 Å². The number of hydrogen-bond acceptors (Lipinski definition) is 5. The van der Waals surface area contributed by atoms with Gasteiger partial charge in [-0.15, -0.1) is 0 Å². The molecule has 0 spiro atoms. The second-order valence-corrected chi connectivity index (χ2v) is 9.23. The van der Waals surface area contributed by atoms with Crippen molar-refractivity contribution in [3.8, 4) is 0 Å². The third-order valence-corrected chi connectivity index (χ3v) is 6.05. The molecule has 1 aliphatic heterocycles. The van der Waals surface area contributed by atoms with E-state index in [0.717, 1.165) is 16.5 Å². The molecule has 7 N–H and O–H groups in total. The van der Waals surface area contributed by atoms with E-state index < -0.39 is 35.8 Å². The summed E-state index contributed by atoms with van der Waals surface area (Å²) in [6.07, 6.45) is 3.75. The van der Waals surface area contributed by atoms with E-state index in [4.69, 9.17) is 11.5 Å². The molecule has 1 fully saturated rings. The normalized spacial score (nSPS) is 17.5. The minimum atomic E-state index is -0.829. The first-order chi connectivity index (χ1) is 16.2. The first-order valence-electron chi connectivity index (χ1n) is 11.6. The zero-order valence-corrected chi connectivity index (χ0v) is 19.7. The number of H-pyrrole nitrogens is 1. The number of para-hydroxylation sites is 1. The number of carbonyl (C=O) groups excluding carboxylic acids is 4. The van der Waals surface area contributed by atoms with E-state index in [1.165, 1.54) is 4.90 Å². The minimum absolute atomic E-state index is 0.121. The number of aromatic nitrogens is 1. The van der Waals surface area contributed by atoms with Crippen LogP contribution < -0.4 is 22.1 Å². The van der Waals surface area contributed by atoms with Crippen molar-refractivity contribution in [3.63, 3.8) is 0 Å². The monoisotopic (exact) mass is 470 g/mol. The lowest BCUT2D eigenvalue weighted by Crippen LogP contribution is -2.56. The van der Waals surface area contributed by atoms with Gasteiger partial charge in [-0.05, 0) is 43.2 Å². The molecule has 3 unspecified atom stereocenters. The van der Waals surface area contributed by atoms with Crippen molar-refractivity contribution in [1.82, 2.24) is 20.5 Å². The molecule has 1 aromatic carbocycles. The van der Waals surface area contributed by atoms with Gasteiger partial charge < -0.3 is 32.0 Å². The van der Waals surface area contributed by atoms with Gasteiger partial charge in [-0.2, -0.15) is 0 Å². The highest BCUT2D eigenvalue weighted by Gasteiger charge is 2.37. The van der Waals surface area contributed by atoms with Crippen molar-refractivity contribution in [2.24, 2.45) is 17.4 Å². The number of nitrogens with one attached hydrogen (secondary N) is 3. The smallest absolute Gasteiger partial charge is 0.243 e. The summed E-state index contributed by atoms with van der Waals surface area (Å²) >= 11 is 0. The number of nitrogens with zero attached hydrogens (tertiary/aromatic N) is 1. The van der Waals surface area contributed by atoms with Crippen molar-refractivity contribution in [2.45, 2.75) is 57.7 Å². The van der Waals surface area contributed by atoms with Gasteiger partial charge in [-0.1, -0.05) is 32.0 Å². The lowest BCUT2D eigenvalue weighted by Gasteiger charge is -2.28. The predicted molar refractivity (Wildman–Crippen MR) is 128 cm³/mol. The molecule has 0 radical (unpaired) electrons. The molecule has 0 bridgehead atoms. The number of primary amides is 1. The first-order valence-corrected chi connectivity index (χ1v) is 11.6. The summed E-state index contributed by atoms with van der Waals surface area (Å²) < 4.78 is 0. The van der Waals surface area contributed by atoms with E-state index in [2.05, 4.69) is 15.6 Å². The van der Waals surface area contributed by atoms with Crippen LogP contribution in [0.25, 0.3) is 10.9 Å². The largest absolute Gasteiger partial charge is 0.368 e. The van der Waals surface area contributed by atoms with E-state index >= 15 is 0 Å². The van der Waals surface area contributed by atoms with Crippen LogP contribution in [-0.4, -0.2) is 64.7 Å². The summed E-state index contributed by atoms with van der Waals surface area (Å²) in [4.78, 5) is 54.5. The summed E-state index contributed by atoms with van der Waals surface area (Å²) in [6, 6.07) is 5.48. The molecule has 1 aromatic heterocycles. The quantitative estimate of drug-likeness (QED) is 0.333. The summed E-state index contributed by atoms with van der Waals surface area (Å²) in [5.41, 5.74) is 13.3. The molecular formula is C24H34N6O4. The van der Waals surface area contributed by atoms with E-state index in [1.54, 1.807) is 0 Å². The summed E-state index contributed by atoms with van der Waals surface area (Å²) in [7, 11) is 0. The number of rotatable bonds is 10. The molecule has 3 rings (SSSR count). The highest BCUT2D eigenvalue weighted by molar-refractivity contribution is 5.94. The molecule has 34 heavy (non-hydrogen) atoms. The van der Waals surface area contributed by atoms with Crippen LogP contribution in [0.4, 0.5) is 0 Å². The number of fused-ring (bicyclic) bond motifs is 1. The number of likely N-dealkylation sites (tertiary alicyclic amines) is 1. The average molecular weight is 471 g/mol. The first kappa shape index (κ1) is 25.2. The highest BCUT2D eigenvalue weighted by Crippen LogP contribution is 2.22. The number of nitrogens with two attached hydrogens (primary N) is 2. The lowest BCUT2D eigenvalue weighted by atomic mass is 10.0. The van der Waals surface area contributed by atoms with Crippen LogP contribution in [0.1, 0.15) is 38.7 Å². The molecule has 0 aliphatic carbocycles. The molecule has 2 aromatic rings. The SMILES string of the molecule is CC(C)CC(NC(=O)C1CCCN1C(=O)C(N)Cc1c[nH]c2ccccc12)C(=O)NCC(N)=O. The van der Waals surface area contributed by atoms with E-state index in [9.17, 15) is 19.2 Å². The van der Waals surface area contributed by atoms with Crippen LogP contribution >= 0.6 is 0 Å². The van der Waals surface area contributed by atoms with Crippen LogP contribution in [0.3, 0.4) is 0 Å². The van der Waals surface area contributed by atoms with Gasteiger partial charge in [0.2, 0.25) is 23.6 Å². The van der Waals surface area contributed by atoms with Crippen LogP contribution in [0.5, 0.6) is 0 Å². The zero-order chi connectivity index (χ0) is 24.8. The topological polar surface area (TPSA) is 163 Å². The molecule has 2 heterocycles. The number of hydrogen-bond donors (Lipinski definition) is 5. The van der Waals surface area contributed by atoms with E-state index in [-0.39, 0.29) is 18.4 Å². The fourth-order valence-electron chi connectivity index (χ4n) is 4.41. The Balaban J connectivity index is 1.66. The number of benzene rings is 1. The van der Waals surface area contributed by atoms with Crippen molar-refractivity contribution in [1.29, 1.82) is 0 Å². The van der Waals surface area contributed by atoms with Gasteiger partial charge in [-0.25, -0.2) is 0 Å². The lowest BCUT2D eigenvalue weighted by molar-refractivity contribution is -0.140. The van der Waals surface area contributed by atoms with Crippen LogP contribution in [0, 0.1) is 5.92 Å². The summed E-state index contributed by atoms with van der Waals surface area (Å²) in [5, 5.41) is 6.22. The zero-order valence-electron chi connectivity index (χ0n) is 19.7. The molecule has 184 valence electrons. The maximum atomic E-state index is 13.2. The van der Waals surface area contributed by atoms with E-state index in [0.29, 0.717) is 32.2 Å². The Bertz CT molecular complexity index is 1050. The van der Waals surface area contributed by atoms with Crippen LogP contribution in [0.2, 0.25) is 0 Å². The maximum absolute atomic E-state index is 13.2. The number of amides is 4. The van der Waals surface area contributed by atoms with E-state index in [1.807, 2.05) is 44.3 Å². The Morgan fingerprint density at radius 2 is 1.94 bits per heavy atom. The van der Waals surface area contributed by atoms with Crippen molar-refractivity contribution >= 4 is 34.5 Å². The van der Waals surface area contributed by atoms with Crippen molar-refractivity contribution in [3.05, 3.63) is 36.0 Å². The van der Waals surface area contributed by atoms with Gasteiger partial charge in [0.25, 0.3) is 0 Å². The fourth-order valence-corrected chi connectivity index (χ4v) is 4.41. The predicted octanol–water partition coefficient (Wildman–Crippen LogP) is 0.161. The van der Waals surface area contributed by atoms with Gasteiger partial charge in [0.15, 0.2) is 0 Å². The van der Waals surface area contributed by atoms with Crippen molar-refractivity contribution in [2.75, 3.05) is 13.1 Å². The van der Waals surface area contributed by atoms with Gasteiger partial charge in [0.1, 0.15) is 12.1 Å². The molecule has 0 saturated carbocycles. The molecular weight excluding hydrogens is 436 g/mol. The standard InChI is InChI=1S/C24H34N6O4/c1-14(2)10-19(22(32)28-13-21(26)31)29-23(33)20-8-5-9-30(20)24(34)17(25)11-15-12-27-18-7-4-3-6-16(15)18/h3-4,6-7,12,14,17,19-20,27H,5,8-11,13,25H2,1-2H3,(H2,26,31)(H,28,32)(H,29,33). The van der Waals surface area contributed by atoms with Gasteiger partial charge in [-0.3, -0.25) is 19.2 Å². The Labute approximate surface area is 198 Å². The average Bonchev–Trinajstić information content (AvgIpc) is 3.44. The number of carbonyl (C=O) groups is 4. The molecule has 1 aliphatic rings. The summed E-state index contributed by atoms with van der Waals surface area (Å²) in [6.45, 7) is 3.98. The third kappa shape index (κ3) is 6.13. The Morgan fingerprint density at radius 1 is 1.21 bits per heavy atom. The Kier molecular flexibility index (Phi) is 8.27. The van der Waals surface area contributed by atoms with Crippen LogP contribution in [0.15, 0.2) is 30.5 Å². The minimum Gasteiger partial charge on any atom is -0.368 e. The van der Waals surface area contributed by atoms with Gasteiger partial charge >= 0.3 is 0 Å². The molecule has 10 heteroatoms. The second kappa shape index (κ2) is 11.1. The third-order valence-electron chi connectivity index (χ3n) is 6.05.